The molecule has 0 bridgehead atoms. The molecule has 1 aliphatic rings. The molecule has 1 saturated heterocycles. The summed E-state index contributed by atoms with van der Waals surface area (Å²) in [6, 6.07) is -0.309. The molecule has 1 aliphatic heterocycles. The van der Waals surface area contributed by atoms with Crippen LogP contribution in [0.15, 0.2) is 0 Å². The summed E-state index contributed by atoms with van der Waals surface area (Å²) in [5.41, 5.74) is -1.17. The summed E-state index contributed by atoms with van der Waals surface area (Å²) in [6.45, 7) is 4.89. The highest BCUT2D eigenvalue weighted by Gasteiger charge is 2.25. The lowest BCUT2D eigenvalue weighted by Gasteiger charge is -2.25. The van der Waals surface area contributed by atoms with Crippen LogP contribution in [0.4, 0.5) is 0 Å². The van der Waals surface area contributed by atoms with Gasteiger partial charge >= 0.3 is 0 Å². The van der Waals surface area contributed by atoms with Crippen LogP contribution in [0.5, 0.6) is 0 Å². The zero-order chi connectivity index (χ0) is 12.2. The van der Waals surface area contributed by atoms with Crippen LogP contribution in [0.2, 0.25) is 0 Å². The maximum atomic E-state index is 11.9. The number of nitrogens with zero attached hydrogens (tertiary/aromatic N) is 1. The number of hydrogen-bond acceptors (Lipinski definition) is 4. The monoisotopic (exact) mass is 230 g/mol. The Morgan fingerprint density at radius 1 is 1.50 bits per heavy atom. The third-order valence-electron chi connectivity index (χ3n) is 2.92. The van der Waals surface area contributed by atoms with E-state index in [1.807, 2.05) is 4.90 Å². The molecular weight excluding hydrogens is 208 g/mol. The summed E-state index contributed by atoms with van der Waals surface area (Å²) in [5.74, 6) is 0.0752. The van der Waals surface area contributed by atoms with Crippen molar-refractivity contribution >= 4 is 5.91 Å². The number of carbonyl (C=O) groups excluding carboxylic acids is 1. The van der Waals surface area contributed by atoms with E-state index in [2.05, 4.69) is 5.32 Å². The summed E-state index contributed by atoms with van der Waals surface area (Å²) < 4.78 is 0. The second kappa shape index (κ2) is 5.61. The maximum Gasteiger partial charge on any atom is 0.239 e. The molecule has 5 nitrogen and oxygen atoms in total. The molecule has 0 aromatic rings. The Kier molecular flexibility index (Phi) is 4.70. The number of carbonyl (C=O) groups is 1. The van der Waals surface area contributed by atoms with Crippen molar-refractivity contribution in [3.05, 3.63) is 0 Å². The van der Waals surface area contributed by atoms with Crippen LogP contribution in [0.1, 0.15) is 26.7 Å². The lowest BCUT2D eigenvalue weighted by atomic mass is 10.1. The molecule has 0 saturated carbocycles. The number of nitrogens with one attached hydrogen (secondary N) is 1. The van der Waals surface area contributed by atoms with Gasteiger partial charge in [-0.25, -0.2) is 0 Å². The molecule has 1 fully saturated rings. The zero-order valence-electron chi connectivity index (χ0n) is 10.1. The minimum absolute atomic E-state index is 0.0752. The van der Waals surface area contributed by atoms with E-state index in [-0.39, 0.29) is 25.1 Å². The summed E-state index contributed by atoms with van der Waals surface area (Å²) in [5, 5.41) is 21.4. The average molecular weight is 230 g/mol. The van der Waals surface area contributed by atoms with Gasteiger partial charge in [-0.15, -0.1) is 0 Å². The first-order valence-electron chi connectivity index (χ1n) is 5.82. The SMILES string of the molecule is CC(NCC(C)(O)CO)C(=O)N1CCCC1. The zero-order valence-corrected chi connectivity index (χ0v) is 10.1. The molecule has 16 heavy (non-hydrogen) atoms. The third-order valence-corrected chi connectivity index (χ3v) is 2.92. The molecule has 5 heteroatoms. The second-order valence-electron chi connectivity index (χ2n) is 4.79. The van der Waals surface area contributed by atoms with Crippen LogP contribution in [0, 0.1) is 0 Å². The van der Waals surface area contributed by atoms with Crippen LogP contribution in [0.25, 0.3) is 0 Å². The highest BCUT2D eigenvalue weighted by Crippen LogP contribution is 2.09. The first kappa shape index (κ1) is 13.4. The van der Waals surface area contributed by atoms with Crippen molar-refractivity contribution in [1.82, 2.24) is 10.2 Å². The van der Waals surface area contributed by atoms with Gasteiger partial charge in [-0.1, -0.05) is 0 Å². The van der Waals surface area contributed by atoms with Crippen molar-refractivity contribution in [3.8, 4) is 0 Å². The van der Waals surface area contributed by atoms with Crippen molar-refractivity contribution in [3.63, 3.8) is 0 Å². The highest BCUT2D eigenvalue weighted by molar-refractivity contribution is 5.81. The van der Waals surface area contributed by atoms with Crippen molar-refractivity contribution in [2.24, 2.45) is 0 Å². The lowest BCUT2D eigenvalue weighted by molar-refractivity contribution is -0.132. The molecule has 0 aromatic heterocycles. The van der Waals surface area contributed by atoms with E-state index in [4.69, 9.17) is 5.11 Å². The predicted molar refractivity (Wildman–Crippen MR) is 61.0 cm³/mol. The largest absolute Gasteiger partial charge is 0.393 e. The molecule has 1 rings (SSSR count). The molecule has 2 unspecified atom stereocenters. The number of hydrogen-bond donors (Lipinski definition) is 3. The van der Waals surface area contributed by atoms with Crippen LogP contribution in [0.3, 0.4) is 0 Å². The van der Waals surface area contributed by atoms with E-state index in [1.54, 1.807) is 6.92 Å². The third kappa shape index (κ3) is 3.73. The molecule has 0 radical (unpaired) electrons. The number of likely N-dealkylation sites (tertiary alicyclic amines) is 1. The second-order valence-corrected chi connectivity index (χ2v) is 4.79. The summed E-state index contributed by atoms with van der Waals surface area (Å²) in [7, 11) is 0. The highest BCUT2D eigenvalue weighted by atomic mass is 16.3. The van der Waals surface area contributed by atoms with Crippen molar-refractivity contribution < 1.29 is 15.0 Å². The number of amides is 1. The van der Waals surface area contributed by atoms with Gasteiger partial charge in [0, 0.05) is 19.6 Å². The first-order valence-corrected chi connectivity index (χ1v) is 5.82. The summed E-state index contributed by atoms with van der Waals surface area (Å²) in [6.07, 6.45) is 2.15. The number of rotatable bonds is 5. The minimum atomic E-state index is -1.17. The van der Waals surface area contributed by atoms with E-state index in [0.29, 0.717) is 0 Å². The van der Waals surface area contributed by atoms with E-state index in [9.17, 15) is 9.90 Å². The Morgan fingerprint density at radius 3 is 2.56 bits per heavy atom. The Hall–Kier alpha value is -0.650. The first-order chi connectivity index (χ1) is 7.46. The Bertz CT molecular complexity index is 237. The molecule has 0 aromatic carbocycles. The smallest absolute Gasteiger partial charge is 0.239 e. The maximum absolute atomic E-state index is 11.9. The fraction of sp³-hybridized carbons (Fsp3) is 0.909. The van der Waals surface area contributed by atoms with Crippen molar-refractivity contribution in [1.29, 1.82) is 0 Å². The molecule has 1 amide bonds. The van der Waals surface area contributed by atoms with E-state index >= 15 is 0 Å². The molecular formula is C11H22N2O3. The van der Waals surface area contributed by atoms with Gasteiger partial charge in [0.25, 0.3) is 0 Å². The van der Waals surface area contributed by atoms with Crippen LogP contribution < -0.4 is 5.32 Å². The van der Waals surface area contributed by atoms with Gasteiger partial charge in [0.2, 0.25) is 5.91 Å². The Labute approximate surface area is 96.4 Å². The fourth-order valence-corrected chi connectivity index (χ4v) is 1.73. The Morgan fingerprint density at radius 2 is 2.06 bits per heavy atom. The summed E-state index contributed by atoms with van der Waals surface area (Å²) in [4.78, 5) is 13.7. The van der Waals surface area contributed by atoms with Gasteiger partial charge in [-0.05, 0) is 26.7 Å². The molecule has 3 N–H and O–H groups in total. The standard InChI is InChI=1S/C11H22N2O3/c1-9(12-7-11(2,16)8-14)10(15)13-5-3-4-6-13/h9,12,14,16H,3-8H2,1-2H3. The van der Waals surface area contributed by atoms with E-state index in [1.165, 1.54) is 6.92 Å². The number of aliphatic hydroxyl groups is 2. The molecule has 94 valence electrons. The average Bonchev–Trinajstić information content (AvgIpc) is 2.78. The van der Waals surface area contributed by atoms with Gasteiger partial charge in [0.1, 0.15) is 0 Å². The molecule has 0 aliphatic carbocycles. The van der Waals surface area contributed by atoms with Crippen molar-refractivity contribution in [2.45, 2.75) is 38.3 Å². The van der Waals surface area contributed by atoms with Crippen LogP contribution >= 0.6 is 0 Å². The number of aliphatic hydroxyl groups excluding tert-OH is 1. The molecule has 0 spiro atoms. The van der Waals surface area contributed by atoms with Gasteiger partial charge in [0.15, 0.2) is 0 Å². The molecule has 2 atom stereocenters. The van der Waals surface area contributed by atoms with Gasteiger partial charge < -0.3 is 20.4 Å². The lowest BCUT2D eigenvalue weighted by Crippen LogP contribution is -2.49. The predicted octanol–water partition coefficient (Wildman–Crippen LogP) is -0.670. The van der Waals surface area contributed by atoms with E-state index in [0.717, 1.165) is 25.9 Å². The van der Waals surface area contributed by atoms with Crippen molar-refractivity contribution in [2.75, 3.05) is 26.2 Å². The topological polar surface area (TPSA) is 72.8 Å². The normalized spacial score (nSPS) is 21.9. The van der Waals surface area contributed by atoms with Gasteiger partial charge in [-0.3, -0.25) is 4.79 Å². The van der Waals surface area contributed by atoms with Crippen LogP contribution in [-0.2, 0) is 4.79 Å². The summed E-state index contributed by atoms with van der Waals surface area (Å²) >= 11 is 0. The van der Waals surface area contributed by atoms with Gasteiger partial charge in [-0.2, -0.15) is 0 Å². The Balaban J connectivity index is 2.34. The van der Waals surface area contributed by atoms with E-state index < -0.39 is 5.60 Å². The quantitative estimate of drug-likeness (QED) is 0.586. The minimum Gasteiger partial charge on any atom is -0.393 e. The van der Waals surface area contributed by atoms with Gasteiger partial charge in [0.05, 0.1) is 18.2 Å². The fourth-order valence-electron chi connectivity index (χ4n) is 1.73. The molecule has 1 heterocycles. The van der Waals surface area contributed by atoms with Crippen LogP contribution in [-0.4, -0.2) is 58.9 Å².